The second kappa shape index (κ2) is 4.21. The van der Waals surface area contributed by atoms with Gasteiger partial charge in [-0.3, -0.25) is 0 Å². The number of rotatable bonds is 4. The van der Waals surface area contributed by atoms with Gasteiger partial charge in [0.25, 0.3) is 0 Å². The van der Waals surface area contributed by atoms with Crippen molar-refractivity contribution in [3.8, 4) is 0 Å². The Hall–Kier alpha value is 0.270. The van der Waals surface area contributed by atoms with Crippen LogP contribution in [0.3, 0.4) is 0 Å². The molecule has 1 unspecified atom stereocenters. The molecule has 62 valence electrons. The summed E-state index contributed by atoms with van der Waals surface area (Å²) in [6, 6.07) is 0. The standard InChI is InChI=1S/C7H18N2S/c1-6(4-8)10-5-7(2,3)9/h6H,4-5,8-9H2,1-3H3. The van der Waals surface area contributed by atoms with Gasteiger partial charge >= 0.3 is 0 Å². The summed E-state index contributed by atoms with van der Waals surface area (Å²) in [5.74, 6) is 0.978. The van der Waals surface area contributed by atoms with Gasteiger partial charge < -0.3 is 11.5 Å². The lowest BCUT2D eigenvalue weighted by atomic mass is 10.1. The van der Waals surface area contributed by atoms with Crippen LogP contribution in [-0.2, 0) is 0 Å². The predicted molar refractivity (Wildman–Crippen MR) is 49.2 cm³/mol. The van der Waals surface area contributed by atoms with E-state index in [2.05, 4.69) is 6.92 Å². The van der Waals surface area contributed by atoms with Crippen LogP contribution >= 0.6 is 11.8 Å². The lowest BCUT2D eigenvalue weighted by molar-refractivity contribution is 0.590. The van der Waals surface area contributed by atoms with Crippen LogP contribution in [-0.4, -0.2) is 23.1 Å². The Labute approximate surface area is 67.7 Å². The van der Waals surface area contributed by atoms with Crippen molar-refractivity contribution >= 4 is 11.8 Å². The summed E-state index contributed by atoms with van der Waals surface area (Å²) in [6.07, 6.45) is 0. The summed E-state index contributed by atoms with van der Waals surface area (Å²) < 4.78 is 0. The van der Waals surface area contributed by atoms with Gasteiger partial charge in [0.2, 0.25) is 0 Å². The maximum Gasteiger partial charge on any atom is 0.0188 e. The zero-order valence-corrected chi connectivity index (χ0v) is 7.87. The van der Waals surface area contributed by atoms with Gasteiger partial charge in [0.05, 0.1) is 0 Å². The van der Waals surface area contributed by atoms with E-state index in [0.717, 1.165) is 12.3 Å². The van der Waals surface area contributed by atoms with Crippen molar-refractivity contribution in [2.24, 2.45) is 11.5 Å². The average Bonchev–Trinajstić information content (AvgIpc) is 1.81. The number of hydrogen-bond donors (Lipinski definition) is 2. The van der Waals surface area contributed by atoms with Crippen molar-refractivity contribution in [3.63, 3.8) is 0 Å². The second-order valence-electron chi connectivity index (χ2n) is 3.35. The van der Waals surface area contributed by atoms with E-state index in [0.29, 0.717) is 5.25 Å². The highest BCUT2D eigenvalue weighted by Crippen LogP contribution is 2.14. The van der Waals surface area contributed by atoms with Crippen molar-refractivity contribution in [3.05, 3.63) is 0 Å². The Morgan fingerprint density at radius 1 is 1.50 bits per heavy atom. The fourth-order valence-corrected chi connectivity index (χ4v) is 1.28. The third kappa shape index (κ3) is 6.39. The summed E-state index contributed by atoms with van der Waals surface area (Å²) in [5, 5.41) is 0.530. The van der Waals surface area contributed by atoms with Crippen molar-refractivity contribution in [1.29, 1.82) is 0 Å². The molecule has 0 bridgehead atoms. The maximum absolute atomic E-state index is 5.78. The molecule has 4 N–H and O–H groups in total. The minimum absolute atomic E-state index is 0.0614. The van der Waals surface area contributed by atoms with Gasteiger partial charge in [0, 0.05) is 23.1 Å². The predicted octanol–water partition coefficient (Wildman–Crippen LogP) is 0.804. The highest BCUT2D eigenvalue weighted by atomic mass is 32.2. The first-order valence-electron chi connectivity index (χ1n) is 3.56. The Kier molecular flexibility index (Phi) is 4.32. The summed E-state index contributed by atoms with van der Waals surface area (Å²) in [4.78, 5) is 0. The van der Waals surface area contributed by atoms with Crippen LogP contribution in [0.4, 0.5) is 0 Å². The molecule has 0 fully saturated rings. The molecular formula is C7H18N2S. The smallest absolute Gasteiger partial charge is 0.0188 e. The van der Waals surface area contributed by atoms with Gasteiger partial charge in [-0.1, -0.05) is 6.92 Å². The normalized spacial score (nSPS) is 15.3. The third-order valence-electron chi connectivity index (χ3n) is 1.07. The van der Waals surface area contributed by atoms with Crippen molar-refractivity contribution < 1.29 is 0 Å². The van der Waals surface area contributed by atoms with Crippen LogP contribution < -0.4 is 11.5 Å². The average molecular weight is 162 g/mol. The van der Waals surface area contributed by atoms with Gasteiger partial charge in [-0.2, -0.15) is 11.8 Å². The van der Waals surface area contributed by atoms with E-state index in [1.54, 1.807) is 0 Å². The molecule has 0 aromatic heterocycles. The van der Waals surface area contributed by atoms with E-state index in [4.69, 9.17) is 11.5 Å². The molecule has 0 aliphatic carbocycles. The highest BCUT2D eigenvalue weighted by molar-refractivity contribution is 7.99. The Balaban J connectivity index is 3.36. The Morgan fingerprint density at radius 2 is 2.00 bits per heavy atom. The zero-order chi connectivity index (χ0) is 8.20. The van der Waals surface area contributed by atoms with Gasteiger partial charge in [0.1, 0.15) is 0 Å². The zero-order valence-electron chi connectivity index (χ0n) is 7.05. The lowest BCUT2D eigenvalue weighted by Crippen LogP contribution is -2.35. The first kappa shape index (κ1) is 10.3. The van der Waals surface area contributed by atoms with Gasteiger partial charge in [-0.05, 0) is 13.8 Å². The van der Waals surface area contributed by atoms with Crippen LogP contribution in [0.5, 0.6) is 0 Å². The topological polar surface area (TPSA) is 52.0 Å². The molecule has 0 aliphatic heterocycles. The van der Waals surface area contributed by atoms with Crippen LogP contribution in [0, 0.1) is 0 Å². The van der Waals surface area contributed by atoms with Crippen molar-refractivity contribution in [2.75, 3.05) is 12.3 Å². The van der Waals surface area contributed by atoms with Crippen LogP contribution in [0.25, 0.3) is 0 Å². The fourth-order valence-electron chi connectivity index (χ4n) is 0.425. The number of hydrogen-bond acceptors (Lipinski definition) is 3. The largest absolute Gasteiger partial charge is 0.329 e. The molecule has 0 rings (SSSR count). The van der Waals surface area contributed by atoms with Crippen molar-refractivity contribution in [1.82, 2.24) is 0 Å². The molecular weight excluding hydrogens is 144 g/mol. The minimum atomic E-state index is -0.0614. The molecule has 3 heteroatoms. The van der Waals surface area contributed by atoms with Crippen LogP contribution in [0.1, 0.15) is 20.8 Å². The molecule has 0 amide bonds. The molecule has 10 heavy (non-hydrogen) atoms. The van der Waals surface area contributed by atoms with Crippen LogP contribution in [0.15, 0.2) is 0 Å². The van der Waals surface area contributed by atoms with E-state index >= 15 is 0 Å². The molecule has 0 heterocycles. The van der Waals surface area contributed by atoms with Gasteiger partial charge in [-0.15, -0.1) is 0 Å². The summed E-state index contributed by atoms with van der Waals surface area (Å²) in [6.45, 7) is 6.92. The Bertz CT molecular complexity index is 88.1. The quantitative estimate of drug-likeness (QED) is 0.643. The summed E-state index contributed by atoms with van der Waals surface area (Å²) in [7, 11) is 0. The van der Waals surface area contributed by atoms with E-state index in [1.165, 1.54) is 0 Å². The SMILES string of the molecule is CC(CN)SCC(C)(C)N. The van der Waals surface area contributed by atoms with E-state index in [9.17, 15) is 0 Å². The highest BCUT2D eigenvalue weighted by Gasteiger charge is 2.11. The minimum Gasteiger partial charge on any atom is -0.329 e. The monoisotopic (exact) mass is 162 g/mol. The lowest BCUT2D eigenvalue weighted by Gasteiger charge is -2.19. The first-order chi connectivity index (χ1) is 4.45. The molecule has 0 saturated carbocycles. The van der Waals surface area contributed by atoms with E-state index < -0.39 is 0 Å². The van der Waals surface area contributed by atoms with Crippen LogP contribution in [0.2, 0.25) is 0 Å². The van der Waals surface area contributed by atoms with Gasteiger partial charge in [0.15, 0.2) is 0 Å². The maximum atomic E-state index is 5.78. The van der Waals surface area contributed by atoms with Gasteiger partial charge in [-0.25, -0.2) is 0 Å². The third-order valence-corrected chi connectivity index (χ3v) is 2.74. The second-order valence-corrected chi connectivity index (χ2v) is 4.77. The van der Waals surface area contributed by atoms with Crippen molar-refractivity contribution in [2.45, 2.75) is 31.6 Å². The summed E-state index contributed by atoms with van der Waals surface area (Å²) in [5.41, 5.74) is 11.2. The molecule has 2 nitrogen and oxygen atoms in total. The molecule has 0 aliphatic rings. The first-order valence-corrected chi connectivity index (χ1v) is 4.61. The van der Waals surface area contributed by atoms with E-state index in [1.807, 2.05) is 25.6 Å². The Morgan fingerprint density at radius 3 is 2.30 bits per heavy atom. The molecule has 0 spiro atoms. The number of nitrogens with two attached hydrogens (primary N) is 2. The molecule has 1 atom stereocenters. The fraction of sp³-hybridized carbons (Fsp3) is 1.00. The summed E-state index contributed by atoms with van der Waals surface area (Å²) >= 11 is 1.83. The molecule has 0 radical (unpaired) electrons. The van der Waals surface area contributed by atoms with E-state index in [-0.39, 0.29) is 5.54 Å². The number of thioether (sulfide) groups is 1. The molecule has 0 aromatic rings. The molecule has 0 aromatic carbocycles. The molecule has 0 saturated heterocycles.